The summed E-state index contributed by atoms with van der Waals surface area (Å²) in [6.45, 7) is 0.439. The fraction of sp³-hybridized carbons (Fsp3) is 0.500. The molecule has 128 valence electrons. The lowest BCUT2D eigenvalue weighted by atomic mass is 10.1. The van der Waals surface area contributed by atoms with Crippen molar-refractivity contribution in [3.05, 3.63) is 35.4 Å². The monoisotopic (exact) mass is 331 g/mol. The molecule has 0 saturated carbocycles. The minimum absolute atomic E-state index is 0.102. The van der Waals surface area contributed by atoms with Crippen molar-refractivity contribution in [3.8, 4) is 0 Å². The highest BCUT2D eigenvalue weighted by molar-refractivity contribution is 5.94. The second-order valence-corrected chi connectivity index (χ2v) is 5.27. The Morgan fingerprint density at radius 2 is 1.70 bits per heavy atom. The molecule has 0 unspecified atom stereocenters. The third-order valence-electron chi connectivity index (χ3n) is 3.27. The quantitative estimate of drug-likeness (QED) is 0.680. The third-order valence-corrected chi connectivity index (χ3v) is 3.27. The van der Waals surface area contributed by atoms with Gasteiger partial charge in [-0.2, -0.15) is 13.2 Å². The van der Waals surface area contributed by atoms with Gasteiger partial charge >= 0.3 is 12.1 Å². The summed E-state index contributed by atoms with van der Waals surface area (Å²) in [4.78, 5) is 22.2. The molecule has 0 saturated heterocycles. The highest BCUT2D eigenvalue weighted by atomic mass is 19.4. The van der Waals surface area contributed by atoms with Crippen LogP contribution in [-0.4, -0.2) is 29.7 Å². The number of hydrogen-bond acceptors (Lipinski definition) is 2. The van der Waals surface area contributed by atoms with E-state index in [0.717, 1.165) is 0 Å². The van der Waals surface area contributed by atoms with E-state index in [2.05, 4.69) is 5.32 Å². The van der Waals surface area contributed by atoms with Crippen LogP contribution in [0.5, 0.6) is 0 Å². The summed E-state index contributed by atoms with van der Waals surface area (Å²) in [6.07, 6.45) is -3.08. The molecule has 1 rings (SSSR count). The van der Waals surface area contributed by atoms with Crippen molar-refractivity contribution in [2.45, 2.75) is 44.7 Å². The smallest absolute Gasteiger partial charge is 0.389 e. The largest absolute Gasteiger partial charge is 0.481 e. The van der Waals surface area contributed by atoms with Gasteiger partial charge in [0.1, 0.15) is 0 Å². The third kappa shape index (κ3) is 8.85. The number of halogens is 3. The number of unbranched alkanes of at least 4 members (excludes halogenated alkanes) is 2. The van der Waals surface area contributed by atoms with Crippen molar-refractivity contribution >= 4 is 11.9 Å². The van der Waals surface area contributed by atoms with Gasteiger partial charge in [0.25, 0.3) is 5.91 Å². The van der Waals surface area contributed by atoms with Gasteiger partial charge in [-0.15, -0.1) is 0 Å². The topological polar surface area (TPSA) is 66.4 Å². The number of aryl methyl sites for hydroxylation is 1. The number of alkyl halides is 3. The maximum atomic E-state index is 12.1. The van der Waals surface area contributed by atoms with E-state index in [0.29, 0.717) is 36.9 Å². The van der Waals surface area contributed by atoms with E-state index in [1.54, 1.807) is 0 Å². The molecule has 0 atom stereocenters. The predicted molar refractivity (Wildman–Crippen MR) is 79.3 cm³/mol. The first-order valence-electron chi connectivity index (χ1n) is 7.43. The standard InChI is InChI=1S/C16H20F3NO3/c17-16(18,19)10-9-12-5-7-13(8-6-12)15(23)20-11-3-1-2-4-14(21)22/h5-8H,1-4,9-11H2,(H,20,23)(H,21,22). The lowest BCUT2D eigenvalue weighted by Crippen LogP contribution is -2.24. The van der Waals surface area contributed by atoms with Crippen molar-refractivity contribution in [3.63, 3.8) is 0 Å². The minimum Gasteiger partial charge on any atom is -0.481 e. The van der Waals surface area contributed by atoms with Crippen LogP contribution in [0.3, 0.4) is 0 Å². The molecule has 0 radical (unpaired) electrons. The molecule has 1 aromatic rings. The van der Waals surface area contributed by atoms with Gasteiger partial charge in [-0.25, -0.2) is 0 Å². The van der Waals surface area contributed by atoms with Crippen molar-refractivity contribution in [1.82, 2.24) is 5.32 Å². The maximum Gasteiger partial charge on any atom is 0.389 e. The Hall–Kier alpha value is -2.05. The molecule has 1 amide bonds. The first kappa shape index (κ1) is 19.0. The number of benzene rings is 1. The first-order valence-corrected chi connectivity index (χ1v) is 7.43. The van der Waals surface area contributed by atoms with Gasteiger partial charge < -0.3 is 10.4 Å². The molecule has 0 aliphatic heterocycles. The van der Waals surface area contributed by atoms with E-state index in [4.69, 9.17) is 5.11 Å². The highest BCUT2D eigenvalue weighted by Crippen LogP contribution is 2.22. The van der Waals surface area contributed by atoms with E-state index in [1.807, 2.05) is 0 Å². The molecule has 7 heteroatoms. The van der Waals surface area contributed by atoms with Crippen LogP contribution >= 0.6 is 0 Å². The number of hydrogen-bond donors (Lipinski definition) is 2. The van der Waals surface area contributed by atoms with Crippen molar-refractivity contribution < 1.29 is 27.9 Å². The van der Waals surface area contributed by atoms with Gasteiger partial charge in [0.15, 0.2) is 0 Å². The highest BCUT2D eigenvalue weighted by Gasteiger charge is 2.26. The maximum absolute atomic E-state index is 12.1. The van der Waals surface area contributed by atoms with Crippen LogP contribution < -0.4 is 5.32 Å². The molecule has 0 aromatic heterocycles. The summed E-state index contributed by atoms with van der Waals surface area (Å²) >= 11 is 0. The van der Waals surface area contributed by atoms with Crippen LogP contribution in [0, 0.1) is 0 Å². The zero-order valence-electron chi connectivity index (χ0n) is 12.7. The number of amides is 1. The van der Waals surface area contributed by atoms with Crippen LogP contribution in [-0.2, 0) is 11.2 Å². The molecule has 0 aliphatic carbocycles. The first-order chi connectivity index (χ1) is 10.8. The Balaban J connectivity index is 2.29. The van der Waals surface area contributed by atoms with Gasteiger partial charge in [-0.1, -0.05) is 18.6 Å². The lowest BCUT2D eigenvalue weighted by Gasteiger charge is -2.08. The zero-order chi connectivity index (χ0) is 17.3. The van der Waals surface area contributed by atoms with Crippen LogP contribution in [0.15, 0.2) is 24.3 Å². The molecule has 1 aromatic carbocycles. The summed E-state index contributed by atoms with van der Waals surface area (Å²) in [7, 11) is 0. The molecule has 23 heavy (non-hydrogen) atoms. The van der Waals surface area contributed by atoms with Gasteiger partial charge in [0.05, 0.1) is 0 Å². The summed E-state index contributed by atoms with van der Waals surface area (Å²) in [5.41, 5.74) is 0.929. The molecule has 0 heterocycles. The van der Waals surface area contributed by atoms with Crippen molar-refractivity contribution in [1.29, 1.82) is 0 Å². The number of aliphatic carboxylic acids is 1. The van der Waals surface area contributed by atoms with E-state index in [1.165, 1.54) is 24.3 Å². The van der Waals surface area contributed by atoms with Crippen molar-refractivity contribution in [2.24, 2.45) is 0 Å². The van der Waals surface area contributed by atoms with E-state index >= 15 is 0 Å². The number of carboxylic acid groups (broad SMARTS) is 1. The number of carbonyl (C=O) groups is 2. The van der Waals surface area contributed by atoms with Crippen LogP contribution in [0.1, 0.15) is 48.0 Å². The van der Waals surface area contributed by atoms with Gasteiger partial charge in [-0.05, 0) is 37.0 Å². The zero-order valence-corrected chi connectivity index (χ0v) is 12.7. The Morgan fingerprint density at radius 3 is 2.26 bits per heavy atom. The molecule has 2 N–H and O–H groups in total. The second kappa shape index (κ2) is 9.17. The number of carbonyl (C=O) groups excluding carboxylic acids is 1. The second-order valence-electron chi connectivity index (χ2n) is 5.27. The number of nitrogens with one attached hydrogen (secondary N) is 1. The normalized spacial score (nSPS) is 11.3. The molecule has 4 nitrogen and oxygen atoms in total. The summed E-state index contributed by atoms with van der Waals surface area (Å²) in [5, 5.41) is 11.2. The van der Waals surface area contributed by atoms with Crippen LogP contribution in [0.2, 0.25) is 0 Å². The Morgan fingerprint density at radius 1 is 1.04 bits per heavy atom. The SMILES string of the molecule is O=C(O)CCCCCNC(=O)c1ccc(CCC(F)(F)F)cc1. The molecule has 0 spiro atoms. The summed E-state index contributed by atoms with van der Waals surface area (Å²) < 4.78 is 36.4. The molecular weight excluding hydrogens is 311 g/mol. The van der Waals surface area contributed by atoms with Gasteiger partial charge in [0, 0.05) is 24.9 Å². The van der Waals surface area contributed by atoms with Crippen LogP contribution in [0.25, 0.3) is 0 Å². The fourth-order valence-corrected chi connectivity index (χ4v) is 1.99. The molecule has 0 bridgehead atoms. The fourth-order valence-electron chi connectivity index (χ4n) is 1.99. The molecule has 0 aliphatic rings. The average Bonchev–Trinajstić information content (AvgIpc) is 2.48. The average molecular weight is 331 g/mol. The number of rotatable bonds is 9. The van der Waals surface area contributed by atoms with Gasteiger partial charge in [0.2, 0.25) is 0 Å². The van der Waals surface area contributed by atoms with E-state index in [9.17, 15) is 22.8 Å². The Labute approximate surface area is 132 Å². The number of carboxylic acids is 1. The van der Waals surface area contributed by atoms with Gasteiger partial charge in [-0.3, -0.25) is 9.59 Å². The summed E-state index contributed by atoms with van der Waals surface area (Å²) in [6, 6.07) is 6.05. The molecule has 0 fully saturated rings. The van der Waals surface area contributed by atoms with Crippen molar-refractivity contribution in [2.75, 3.05) is 6.54 Å². The Bertz CT molecular complexity index is 512. The predicted octanol–water partition coefficient (Wildman–Crippen LogP) is 3.56. The van der Waals surface area contributed by atoms with E-state index in [-0.39, 0.29) is 18.7 Å². The van der Waals surface area contributed by atoms with E-state index < -0.39 is 18.6 Å². The minimum atomic E-state index is -4.18. The summed E-state index contributed by atoms with van der Waals surface area (Å²) in [5.74, 6) is -1.12. The van der Waals surface area contributed by atoms with Crippen LogP contribution in [0.4, 0.5) is 13.2 Å². The molecular formula is C16H20F3NO3. The lowest BCUT2D eigenvalue weighted by molar-refractivity contribution is -0.137. The Kier molecular flexibility index (Phi) is 7.57.